The summed E-state index contributed by atoms with van der Waals surface area (Å²) in [5, 5.41) is 6.16. The predicted molar refractivity (Wildman–Crippen MR) is 109 cm³/mol. The lowest BCUT2D eigenvalue weighted by Crippen LogP contribution is -2.28. The van der Waals surface area contributed by atoms with E-state index < -0.39 is 0 Å². The Kier molecular flexibility index (Phi) is 6.22. The normalized spacial score (nSPS) is 11.5. The van der Waals surface area contributed by atoms with Crippen molar-refractivity contribution in [1.82, 2.24) is 15.3 Å². The summed E-state index contributed by atoms with van der Waals surface area (Å²) in [6.45, 7) is 4.28. The molecule has 1 heterocycles. The van der Waals surface area contributed by atoms with Gasteiger partial charge in [-0.25, -0.2) is 9.97 Å². The second-order valence-electron chi connectivity index (χ2n) is 6.49. The van der Waals surface area contributed by atoms with Crippen LogP contribution in [0.2, 0.25) is 0 Å². The van der Waals surface area contributed by atoms with Crippen molar-refractivity contribution in [2.75, 3.05) is 12.4 Å². The summed E-state index contributed by atoms with van der Waals surface area (Å²) in [6.07, 6.45) is 0. The number of amides is 1. The minimum absolute atomic E-state index is 0.117. The monoisotopic (exact) mass is 376 g/mol. The van der Waals surface area contributed by atoms with Crippen molar-refractivity contribution < 1.29 is 9.53 Å². The van der Waals surface area contributed by atoms with Gasteiger partial charge in [0.25, 0.3) is 5.91 Å². The SMILES string of the molecule is COc1ccccc1CNc1nc(C)cc(C(=O)NC(C)c2ccccc2)n1. The van der Waals surface area contributed by atoms with E-state index >= 15 is 0 Å². The standard InChI is InChI=1S/C22H24N4O2/c1-15-13-19(21(27)25-16(2)17-9-5-4-6-10-17)26-22(24-15)23-14-18-11-7-8-12-20(18)28-3/h4-13,16H,14H2,1-3H3,(H,25,27)(H,23,24,26). The third-order valence-corrected chi connectivity index (χ3v) is 4.36. The summed E-state index contributed by atoms with van der Waals surface area (Å²) < 4.78 is 5.36. The van der Waals surface area contributed by atoms with E-state index in [1.807, 2.05) is 68.4 Å². The number of ether oxygens (including phenoxy) is 1. The minimum atomic E-state index is -0.234. The first-order valence-electron chi connectivity index (χ1n) is 9.14. The van der Waals surface area contributed by atoms with Crippen LogP contribution in [0.25, 0.3) is 0 Å². The number of aryl methyl sites for hydroxylation is 1. The fourth-order valence-corrected chi connectivity index (χ4v) is 2.88. The highest BCUT2D eigenvalue weighted by atomic mass is 16.5. The smallest absolute Gasteiger partial charge is 0.270 e. The molecule has 1 unspecified atom stereocenters. The molecule has 0 saturated heterocycles. The molecule has 28 heavy (non-hydrogen) atoms. The van der Waals surface area contributed by atoms with E-state index in [0.29, 0.717) is 18.2 Å². The number of aromatic nitrogens is 2. The Morgan fingerprint density at radius 2 is 1.79 bits per heavy atom. The molecule has 1 amide bonds. The third-order valence-electron chi connectivity index (χ3n) is 4.36. The number of anilines is 1. The zero-order valence-corrected chi connectivity index (χ0v) is 16.3. The Morgan fingerprint density at radius 1 is 1.07 bits per heavy atom. The van der Waals surface area contributed by atoms with E-state index in [1.54, 1.807) is 13.2 Å². The molecular weight excluding hydrogens is 352 g/mol. The molecule has 1 atom stereocenters. The van der Waals surface area contributed by atoms with E-state index in [1.165, 1.54) is 0 Å². The quantitative estimate of drug-likeness (QED) is 0.654. The number of nitrogens with zero attached hydrogens (tertiary/aromatic N) is 2. The van der Waals surface area contributed by atoms with Crippen molar-refractivity contribution in [2.24, 2.45) is 0 Å². The van der Waals surface area contributed by atoms with Crippen LogP contribution < -0.4 is 15.4 Å². The molecule has 0 aliphatic rings. The van der Waals surface area contributed by atoms with Gasteiger partial charge in [0, 0.05) is 17.8 Å². The van der Waals surface area contributed by atoms with Gasteiger partial charge in [-0.1, -0.05) is 48.5 Å². The molecular formula is C22H24N4O2. The Bertz CT molecular complexity index is 944. The summed E-state index contributed by atoms with van der Waals surface area (Å²) in [6, 6.07) is 19.1. The molecule has 2 aromatic carbocycles. The van der Waals surface area contributed by atoms with Crippen LogP contribution in [0.5, 0.6) is 5.75 Å². The van der Waals surface area contributed by atoms with Crippen molar-refractivity contribution in [3.05, 3.63) is 83.2 Å². The van der Waals surface area contributed by atoms with Gasteiger partial charge in [-0.15, -0.1) is 0 Å². The molecule has 0 aliphatic heterocycles. The number of rotatable bonds is 7. The van der Waals surface area contributed by atoms with Gasteiger partial charge in [-0.05, 0) is 31.5 Å². The second kappa shape index (κ2) is 8.99. The van der Waals surface area contributed by atoms with Crippen molar-refractivity contribution in [1.29, 1.82) is 0 Å². The van der Waals surface area contributed by atoms with Gasteiger partial charge in [0.2, 0.25) is 5.95 Å². The maximum absolute atomic E-state index is 12.7. The number of hydrogen-bond acceptors (Lipinski definition) is 5. The fourth-order valence-electron chi connectivity index (χ4n) is 2.88. The van der Waals surface area contributed by atoms with Crippen LogP contribution in [0.3, 0.4) is 0 Å². The Morgan fingerprint density at radius 3 is 2.54 bits per heavy atom. The number of carbonyl (C=O) groups excluding carboxylic acids is 1. The first kappa shape index (κ1) is 19.4. The lowest BCUT2D eigenvalue weighted by atomic mass is 10.1. The number of nitrogens with one attached hydrogen (secondary N) is 2. The average molecular weight is 376 g/mol. The van der Waals surface area contributed by atoms with Gasteiger partial charge in [-0.2, -0.15) is 0 Å². The second-order valence-corrected chi connectivity index (χ2v) is 6.49. The van der Waals surface area contributed by atoms with Crippen LogP contribution in [0.4, 0.5) is 5.95 Å². The van der Waals surface area contributed by atoms with E-state index in [-0.39, 0.29) is 11.9 Å². The summed E-state index contributed by atoms with van der Waals surface area (Å²) in [4.78, 5) is 21.4. The maximum atomic E-state index is 12.7. The number of hydrogen-bond donors (Lipinski definition) is 2. The molecule has 0 radical (unpaired) electrons. The Labute approximate surface area is 165 Å². The van der Waals surface area contributed by atoms with E-state index in [2.05, 4.69) is 20.6 Å². The van der Waals surface area contributed by atoms with Crippen LogP contribution in [-0.2, 0) is 6.54 Å². The Balaban J connectivity index is 1.71. The largest absolute Gasteiger partial charge is 0.496 e. The van der Waals surface area contributed by atoms with Gasteiger partial charge in [0.05, 0.1) is 13.2 Å². The zero-order valence-electron chi connectivity index (χ0n) is 16.3. The average Bonchev–Trinajstić information content (AvgIpc) is 2.72. The van der Waals surface area contributed by atoms with Gasteiger partial charge in [0.15, 0.2) is 0 Å². The molecule has 0 fully saturated rings. The van der Waals surface area contributed by atoms with Crippen LogP contribution in [-0.4, -0.2) is 23.0 Å². The first-order chi connectivity index (χ1) is 13.6. The van der Waals surface area contributed by atoms with Crippen molar-refractivity contribution in [3.8, 4) is 5.75 Å². The number of carbonyl (C=O) groups is 1. The zero-order chi connectivity index (χ0) is 19.9. The highest BCUT2D eigenvalue weighted by Crippen LogP contribution is 2.18. The summed E-state index contributed by atoms with van der Waals surface area (Å²) in [5.74, 6) is 0.961. The molecule has 1 aromatic heterocycles. The molecule has 0 spiro atoms. The van der Waals surface area contributed by atoms with Gasteiger partial charge >= 0.3 is 0 Å². The number of methoxy groups -OCH3 is 1. The van der Waals surface area contributed by atoms with Gasteiger partial charge in [-0.3, -0.25) is 4.79 Å². The van der Waals surface area contributed by atoms with Crippen LogP contribution in [0.15, 0.2) is 60.7 Å². The van der Waals surface area contributed by atoms with Crippen LogP contribution >= 0.6 is 0 Å². The molecule has 0 bridgehead atoms. The molecule has 144 valence electrons. The fraction of sp³-hybridized carbons (Fsp3) is 0.227. The summed E-state index contributed by atoms with van der Waals surface area (Å²) in [5.41, 5.74) is 3.07. The Hall–Kier alpha value is -3.41. The maximum Gasteiger partial charge on any atom is 0.270 e. The van der Waals surface area contributed by atoms with Crippen molar-refractivity contribution in [3.63, 3.8) is 0 Å². The van der Waals surface area contributed by atoms with E-state index in [0.717, 1.165) is 22.6 Å². The number of benzene rings is 2. The number of para-hydroxylation sites is 1. The molecule has 3 rings (SSSR count). The summed E-state index contributed by atoms with van der Waals surface area (Å²) >= 11 is 0. The predicted octanol–water partition coefficient (Wildman–Crippen LogP) is 3.90. The summed E-state index contributed by atoms with van der Waals surface area (Å²) in [7, 11) is 1.64. The topological polar surface area (TPSA) is 76.1 Å². The van der Waals surface area contributed by atoms with Gasteiger partial charge < -0.3 is 15.4 Å². The van der Waals surface area contributed by atoms with Crippen molar-refractivity contribution >= 4 is 11.9 Å². The molecule has 2 N–H and O–H groups in total. The van der Waals surface area contributed by atoms with Gasteiger partial charge in [0.1, 0.15) is 11.4 Å². The molecule has 0 aliphatic carbocycles. The highest BCUT2D eigenvalue weighted by Gasteiger charge is 2.14. The van der Waals surface area contributed by atoms with Crippen LogP contribution in [0, 0.1) is 6.92 Å². The molecule has 6 nitrogen and oxygen atoms in total. The molecule has 0 saturated carbocycles. The third kappa shape index (κ3) is 4.85. The highest BCUT2D eigenvalue weighted by molar-refractivity contribution is 5.92. The first-order valence-corrected chi connectivity index (χ1v) is 9.14. The minimum Gasteiger partial charge on any atom is -0.496 e. The van der Waals surface area contributed by atoms with E-state index in [4.69, 9.17) is 4.74 Å². The van der Waals surface area contributed by atoms with Crippen LogP contribution in [0.1, 0.15) is 40.3 Å². The lowest BCUT2D eigenvalue weighted by Gasteiger charge is -2.15. The molecule has 6 heteroatoms. The lowest BCUT2D eigenvalue weighted by molar-refractivity contribution is 0.0934. The molecule has 3 aromatic rings. The van der Waals surface area contributed by atoms with E-state index in [9.17, 15) is 4.79 Å². The van der Waals surface area contributed by atoms with Crippen molar-refractivity contribution in [2.45, 2.75) is 26.4 Å².